The summed E-state index contributed by atoms with van der Waals surface area (Å²) in [5, 5.41) is 4.62. The average molecular weight is 376 g/mol. The van der Waals surface area contributed by atoms with Crippen LogP contribution in [0.1, 0.15) is 55.2 Å². The molecule has 0 fully saturated rings. The van der Waals surface area contributed by atoms with E-state index >= 15 is 0 Å². The average Bonchev–Trinajstić information content (AvgIpc) is 2.65. The highest BCUT2D eigenvalue weighted by atomic mass is 16.6. The molecule has 1 N–H and O–H groups in total. The number of carbonyl (C=O) groups excluding carboxylic acids is 2. The molecule has 1 amide bonds. The SMILES string of the molecule is CC(NC(=O)OC(C)(C)C)c1ccc(C(=O)c2cccc3cnccc23)cc1. The lowest BCUT2D eigenvalue weighted by molar-refractivity contribution is 0.0507. The van der Waals surface area contributed by atoms with E-state index in [4.69, 9.17) is 4.74 Å². The zero-order valence-electron chi connectivity index (χ0n) is 16.5. The van der Waals surface area contributed by atoms with E-state index in [2.05, 4.69) is 10.3 Å². The number of benzene rings is 2. The summed E-state index contributed by atoms with van der Waals surface area (Å²) in [6.07, 6.45) is 2.97. The molecule has 3 rings (SSSR count). The zero-order valence-corrected chi connectivity index (χ0v) is 16.5. The number of fused-ring (bicyclic) bond motifs is 1. The maximum Gasteiger partial charge on any atom is 0.408 e. The molecule has 0 saturated carbocycles. The molecule has 144 valence electrons. The highest BCUT2D eigenvalue weighted by molar-refractivity contribution is 6.16. The number of ketones is 1. The van der Waals surface area contributed by atoms with E-state index in [1.54, 1.807) is 24.5 Å². The van der Waals surface area contributed by atoms with Gasteiger partial charge in [-0.2, -0.15) is 0 Å². The van der Waals surface area contributed by atoms with Crippen LogP contribution in [-0.2, 0) is 4.74 Å². The number of rotatable bonds is 4. The largest absolute Gasteiger partial charge is 0.444 e. The molecular formula is C23H24N2O3. The van der Waals surface area contributed by atoms with Crippen molar-refractivity contribution < 1.29 is 14.3 Å². The Hall–Kier alpha value is -3.21. The summed E-state index contributed by atoms with van der Waals surface area (Å²) in [5.41, 5.74) is 1.59. The second-order valence-electron chi connectivity index (χ2n) is 7.72. The normalized spacial score (nSPS) is 12.4. The monoisotopic (exact) mass is 376 g/mol. The van der Waals surface area contributed by atoms with Crippen LogP contribution in [0.15, 0.2) is 60.9 Å². The molecule has 1 aromatic heterocycles. The number of alkyl carbamates (subject to hydrolysis) is 1. The first-order valence-electron chi connectivity index (χ1n) is 9.21. The van der Waals surface area contributed by atoms with Crippen LogP contribution in [0.3, 0.4) is 0 Å². The lowest BCUT2D eigenvalue weighted by atomic mass is 9.97. The van der Waals surface area contributed by atoms with Crippen molar-refractivity contribution in [3.8, 4) is 0 Å². The van der Waals surface area contributed by atoms with E-state index in [0.717, 1.165) is 16.3 Å². The standard InChI is InChI=1S/C23H24N2O3/c1-15(25-22(27)28-23(2,3)4)16-8-10-17(11-9-16)21(26)20-7-5-6-18-14-24-13-12-19(18)20/h5-15H,1-4H3,(H,25,27). The third kappa shape index (κ3) is 4.55. The molecule has 0 aliphatic carbocycles. The molecule has 0 bridgehead atoms. The van der Waals surface area contributed by atoms with Gasteiger partial charge in [-0.25, -0.2) is 4.79 Å². The molecule has 0 aliphatic rings. The van der Waals surface area contributed by atoms with Gasteiger partial charge in [-0.05, 0) is 44.7 Å². The van der Waals surface area contributed by atoms with Crippen LogP contribution in [0.2, 0.25) is 0 Å². The van der Waals surface area contributed by atoms with E-state index in [9.17, 15) is 9.59 Å². The molecule has 0 aliphatic heterocycles. The molecule has 0 saturated heterocycles. The highest BCUT2D eigenvalue weighted by Crippen LogP contribution is 2.22. The number of pyridine rings is 1. The smallest absolute Gasteiger partial charge is 0.408 e. The number of carbonyl (C=O) groups is 2. The fourth-order valence-electron chi connectivity index (χ4n) is 2.97. The van der Waals surface area contributed by atoms with Crippen LogP contribution in [0.25, 0.3) is 10.8 Å². The minimum absolute atomic E-state index is 0.0453. The Morgan fingerprint density at radius 2 is 1.75 bits per heavy atom. The lowest BCUT2D eigenvalue weighted by Gasteiger charge is -2.22. The van der Waals surface area contributed by atoms with Crippen LogP contribution in [-0.4, -0.2) is 22.5 Å². The molecule has 0 spiro atoms. The van der Waals surface area contributed by atoms with Crippen LogP contribution in [0.4, 0.5) is 4.79 Å². The molecule has 28 heavy (non-hydrogen) atoms. The molecule has 3 aromatic rings. The van der Waals surface area contributed by atoms with Crippen molar-refractivity contribution in [1.29, 1.82) is 0 Å². The van der Waals surface area contributed by atoms with Gasteiger partial charge >= 0.3 is 6.09 Å². The van der Waals surface area contributed by atoms with E-state index in [0.29, 0.717) is 11.1 Å². The maximum atomic E-state index is 13.0. The molecule has 1 heterocycles. The van der Waals surface area contributed by atoms with E-state index < -0.39 is 11.7 Å². The molecule has 5 heteroatoms. The van der Waals surface area contributed by atoms with Crippen molar-refractivity contribution in [2.24, 2.45) is 0 Å². The van der Waals surface area contributed by atoms with Gasteiger partial charge < -0.3 is 10.1 Å². The fraction of sp³-hybridized carbons (Fsp3) is 0.261. The van der Waals surface area contributed by atoms with Gasteiger partial charge in [-0.15, -0.1) is 0 Å². The Kier molecular flexibility index (Phi) is 5.45. The van der Waals surface area contributed by atoms with Gasteiger partial charge in [-0.1, -0.05) is 42.5 Å². The fourth-order valence-corrected chi connectivity index (χ4v) is 2.97. The third-order valence-electron chi connectivity index (χ3n) is 4.33. The van der Waals surface area contributed by atoms with Crippen molar-refractivity contribution in [3.63, 3.8) is 0 Å². The molecule has 1 unspecified atom stereocenters. The van der Waals surface area contributed by atoms with Crippen molar-refractivity contribution in [3.05, 3.63) is 77.6 Å². The van der Waals surface area contributed by atoms with Crippen molar-refractivity contribution >= 4 is 22.6 Å². The Balaban J connectivity index is 1.77. The van der Waals surface area contributed by atoms with Gasteiger partial charge in [0.2, 0.25) is 0 Å². The van der Waals surface area contributed by atoms with Gasteiger partial charge in [-0.3, -0.25) is 9.78 Å². The quantitative estimate of drug-likeness (QED) is 0.647. The van der Waals surface area contributed by atoms with Gasteiger partial charge in [0.25, 0.3) is 0 Å². The number of hydrogen-bond acceptors (Lipinski definition) is 4. The third-order valence-corrected chi connectivity index (χ3v) is 4.33. The first-order valence-corrected chi connectivity index (χ1v) is 9.21. The maximum absolute atomic E-state index is 13.0. The summed E-state index contributed by atoms with van der Waals surface area (Å²) in [6, 6.07) is 14.5. The van der Waals surface area contributed by atoms with Crippen molar-refractivity contribution in [1.82, 2.24) is 10.3 Å². The van der Waals surface area contributed by atoms with Crippen molar-refractivity contribution in [2.75, 3.05) is 0 Å². The van der Waals surface area contributed by atoms with E-state index in [1.807, 2.05) is 64.1 Å². The predicted molar refractivity (Wildman–Crippen MR) is 109 cm³/mol. The Bertz CT molecular complexity index is 999. The number of amides is 1. The van der Waals surface area contributed by atoms with Gasteiger partial charge in [0.15, 0.2) is 5.78 Å². The summed E-state index contributed by atoms with van der Waals surface area (Å²) in [4.78, 5) is 29.0. The zero-order chi connectivity index (χ0) is 20.3. The van der Waals surface area contributed by atoms with Gasteiger partial charge in [0, 0.05) is 28.9 Å². The Labute approximate surface area is 164 Å². The predicted octanol–water partition coefficient (Wildman–Crippen LogP) is 5.05. The second-order valence-corrected chi connectivity index (χ2v) is 7.72. The summed E-state index contributed by atoms with van der Waals surface area (Å²) < 4.78 is 5.28. The van der Waals surface area contributed by atoms with Crippen LogP contribution < -0.4 is 5.32 Å². The first-order chi connectivity index (χ1) is 13.2. The first kappa shape index (κ1) is 19.5. The lowest BCUT2D eigenvalue weighted by Crippen LogP contribution is -2.34. The van der Waals surface area contributed by atoms with Crippen LogP contribution in [0.5, 0.6) is 0 Å². The molecule has 0 radical (unpaired) electrons. The summed E-state index contributed by atoms with van der Waals surface area (Å²) >= 11 is 0. The van der Waals surface area contributed by atoms with E-state index in [-0.39, 0.29) is 11.8 Å². The minimum atomic E-state index is -0.548. The topological polar surface area (TPSA) is 68.3 Å². The molecular weight excluding hydrogens is 352 g/mol. The molecule has 2 aromatic carbocycles. The minimum Gasteiger partial charge on any atom is -0.444 e. The summed E-state index contributed by atoms with van der Waals surface area (Å²) in [6.45, 7) is 7.33. The van der Waals surface area contributed by atoms with Crippen LogP contribution >= 0.6 is 0 Å². The van der Waals surface area contributed by atoms with E-state index in [1.165, 1.54) is 0 Å². The molecule has 5 nitrogen and oxygen atoms in total. The van der Waals surface area contributed by atoms with Gasteiger partial charge in [0.05, 0.1) is 6.04 Å². The Morgan fingerprint density at radius 1 is 1.04 bits per heavy atom. The number of nitrogens with one attached hydrogen (secondary N) is 1. The number of nitrogens with zero attached hydrogens (tertiary/aromatic N) is 1. The second kappa shape index (κ2) is 7.80. The Morgan fingerprint density at radius 3 is 2.43 bits per heavy atom. The van der Waals surface area contributed by atoms with Gasteiger partial charge in [0.1, 0.15) is 5.60 Å². The van der Waals surface area contributed by atoms with Crippen LogP contribution in [0, 0.1) is 0 Å². The van der Waals surface area contributed by atoms with Crippen molar-refractivity contribution in [2.45, 2.75) is 39.3 Å². The highest BCUT2D eigenvalue weighted by Gasteiger charge is 2.19. The number of hydrogen-bond donors (Lipinski definition) is 1. The summed E-state index contributed by atoms with van der Waals surface area (Å²) in [7, 11) is 0. The molecule has 1 atom stereocenters. The summed E-state index contributed by atoms with van der Waals surface area (Å²) in [5.74, 6) is -0.0453. The number of aromatic nitrogens is 1. The number of ether oxygens (including phenoxy) is 1.